The van der Waals surface area contributed by atoms with Gasteiger partial charge in [-0.15, -0.1) is 0 Å². The maximum Gasteiger partial charge on any atom is 0.328 e. The number of imidazole rings is 1. The second-order valence-corrected chi connectivity index (χ2v) is 8.90. The van der Waals surface area contributed by atoms with E-state index in [1.165, 1.54) is 19.5 Å². The third-order valence-electron chi connectivity index (χ3n) is 4.27. The predicted octanol–water partition coefficient (Wildman–Crippen LogP) is 2.46. The van der Waals surface area contributed by atoms with E-state index < -0.39 is 10.0 Å². The van der Waals surface area contributed by atoms with Crippen molar-refractivity contribution in [1.82, 2.24) is 13.4 Å². The molecule has 3 rings (SSSR count). The minimum Gasteiger partial charge on any atom is -0.295 e. The summed E-state index contributed by atoms with van der Waals surface area (Å²) < 4.78 is 30.9. The van der Waals surface area contributed by atoms with Gasteiger partial charge in [-0.25, -0.2) is 13.2 Å². The second kappa shape index (κ2) is 6.44. The van der Waals surface area contributed by atoms with Crippen LogP contribution in [0, 0.1) is 0 Å². The van der Waals surface area contributed by atoms with Crippen LogP contribution in [0.5, 0.6) is 0 Å². The first-order chi connectivity index (χ1) is 11.7. The predicted molar refractivity (Wildman–Crippen MR) is 101 cm³/mol. The maximum absolute atomic E-state index is 12.9. The van der Waals surface area contributed by atoms with Crippen molar-refractivity contribution in [2.45, 2.75) is 11.4 Å². The summed E-state index contributed by atoms with van der Waals surface area (Å²) in [5, 5.41) is 0. The smallest absolute Gasteiger partial charge is 0.295 e. The van der Waals surface area contributed by atoms with Crippen LogP contribution in [0.25, 0.3) is 11.0 Å². The molecule has 2 aromatic carbocycles. The molecule has 0 spiro atoms. The standard InChI is InChI=1S/C17H18BrN3O3S/c1-19(11-12-4-6-13(18)7-5-12)25(23,24)14-8-9-15-16(10-14)21(3)17(22)20(15)2/h4-10H,11H2,1-3H3. The molecule has 3 aromatic rings. The molecule has 0 fully saturated rings. The molecule has 0 aliphatic rings. The molecule has 0 radical (unpaired) electrons. The van der Waals surface area contributed by atoms with Crippen LogP contribution in [0.15, 0.2) is 56.6 Å². The van der Waals surface area contributed by atoms with E-state index in [1.807, 2.05) is 24.3 Å². The lowest BCUT2D eigenvalue weighted by Crippen LogP contribution is -2.26. The zero-order valence-corrected chi connectivity index (χ0v) is 16.5. The normalized spacial score (nSPS) is 12.2. The topological polar surface area (TPSA) is 64.3 Å². The number of aryl methyl sites for hydroxylation is 2. The van der Waals surface area contributed by atoms with Gasteiger partial charge in [0.15, 0.2) is 0 Å². The number of aromatic nitrogens is 2. The Morgan fingerprint density at radius 2 is 1.60 bits per heavy atom. The number of hydrogen-bond acceptors (Lipinski definition) is 3. The number of halogens is 1. The monoisotopic (exact) mass is 423 g/mol. The van der Waals surface area contributed by atoms with E-state index in [2.05, 4.69) is 15.9 Å². The Kier molecular flexibility index (Phi) is 4.61. The number of sulfonamides is 1. The highest BCUT2D eigenvalue weighted by Crippen LogP contribution is 2.22. The molecule has 0 unspecified atom stereocenters. The van der Waals surface area contributed by atoms with Gasteiger partial charge in [-0.05, 0) is 35.9 Å². The fourth-order valence-electron chi connectivity index (χ4n) is 2.76. The average molecular weight is 424 g/mol. The van der Waals surface area contributed by atoms with E-state index in [9.17, 15) is 13.2 Å². The lowest BCUT2D eigenvalue weighted by molar-refractivity contribution is 0.467. The highest BCUT2D eigenvalue weighted by Gasteiger charge is 2.22. The third-order valence-corrected chi connectivity index (χ3v) is 6.60. The van der Waals surface area contributed by atoms with Crippen LogP contribution >= 0.6 is 15.9 Å². The molecule has 0 atom stereocenters. The Hall–Kier alpha value is -1.90. The van der Waals surface area contributed by atoms with Crippen LogP contribution in [0.2, 0.25) is 0 Å². The largest absolute Gasteiger partial charge is 0.328 e. The van der Waals surface area contributed by atoms with Crippen LogP contribution in [-0.2, 0) is 30.7 Å². The van der Waals surface area contributed by atoms with Gasteiger partial charge in [0.1, 0.15) is 0 Å². The third kappa shape index (κ3) is 3.17. The highest BCUT2D eigenvalue weighted by atomic mass is 79.9. The fraction of sp³-hybridized carbons (Fsp3) is 0.235. The zero-order chi connectivity index (χ0) is 18.4. The Morgan fingerprint density at radius 3 is 2.24 bits per heavy atom. The van der Waals surface area contributed by atoms with Gasteiger partial charge in [-0.2, -0.15) is 4.31 Å². The molecule has 0 aliphatic carbocycles. The number of rotatable bonds is 4. The molecule has 1 heterocycles. The van der Waals surface area contributed by atoms with Crippen molar-refractivity contribution >= 4 is 37.0 Å². The molecular formula is C17H18BrN3O3S. The Labute approximate surface area is 154 Å². The van der Waals surface area contributed by atoms with Crippen molar-refractivity contribution in [2.24, 2.45) is 14.1 Å². The van der Waals surface area contributed by atoms with Crippen LogP contribution in [0.3, 0.4) is 0 Å². The first-order valence-corrected chi connectivity index (χ1v) is 9.81. The fourth-order valence-corrected chi connectivity index (χ4v) is 4.20. The molecule has 1 aromatic heterocycles. The molecule has 0 saturated carbocycles. The molecular weight excluding hydrogens is 406 g/mol. The number of nitrogens with zero attached hydrogens (tertiary/aromatic N) is 3. The van der Waals surface area contributed by atoms with Crippen LogP contribution in [0.1, 0.15) is 5.56 Å². The number of benzene rings is 2. The molecule has 8 heteroatoms. The molecule has 0 aliphatic heterocycles. The van der Waals surface area contributed by atoms with Gasteiger partial charge in [0.05, 0.1) is 15.9 Å². The number of hydrogen-bond donors (Lipinski definition) is 0. The molecule has 0 saturated heterocycles. The van der Waals surface area contributed by atoms with Crippen LogP contribution in [0.4, 0.5) is 0 Å². The summed E-state index contributed by atoms with van der Waals surface area (Å²) in [6.07, 6.45) is 0. The number of fused-ring (bicyclic) bond motifs is 1. The summed E-state index contributed by atoms with van der Waals surface area (Å²) in [7, 11) is 1.18. The van der Waals surface area contributed by atoms with Crippen LogP contribution < -0.4 is 5.69 Å². The molecule has 0 N–H and O–H groups in total. The van der Waals surface area contributed by atoms with Crippen molar-refractivity contribution in [3.05, 3.63) is 63.0 Å². The molecule has 0 bridgehead atoms. The van der Waals surface area contributed by atoms with Crippen molar-refractivity contribution in [1.29, 1.82) is 0 Å². The Bertz CT molecular complexity index is 1100. The molecule has 0 amide bonds. The van der Waals surface area contributed by atoms with Crippen molar-refractivity contribution < 1.29 is 8.42 Å². The van der Waals surface area contributed by atoms with E-state index >= 15 is 0 Å². The van der Waals surface area contributed by atoms with E-state index in [1.54, 1.807) is 33.3 Å². The minimum absolute atomic E-state index is 0.167. The molecule has 6 nitrogen and oxygen atoms in total. The zero-order valence-electron chi connectivity index (χ0n) is 14.1. The maximum atomic E-state index is 12.9. The summed E-state index contributed by atoms with van der Waals surface area (Å²) >= 11 is 3.36. The Balaban J connectivity index is 1.98. The molecule has 132 valence electrons. The first-order valence-electron chi connectivity index (χ1n) is 7.58. The van der Waals surface area contributed by atoms with Gasteiger partial charge < -0.3 is 0 Å². The summed E-state index contributed by atoms with van der Waals surface area (Å²) in [4.78, 5) is 12.2. The SMILES string of the molecule is CN(Cc1ccc(Br)cc1)S(=O)(=O)c1ccc2c(c1)n(C)c(=O)n2C. The van der Waals surface area contributed by atoms with Crippen molar-refractivity contribution in [2.75, 3.05) is 7.05 Å². The average Bonchev–Trinajstić information content (AvgIpc) is 2.81. The summed E-state index contributed by atoms with van der Waals surface area (Å²) in [5.74, 6) is 0. The minimum atomic E-state index is -3.66. The highest BCUT2D eigenvalue weighted by molar-refractivity contribution is 9.10. The Morgan fingerprint density at radius 1 is 1.00 bits per heavy atom. The van der Waals surface area contributed by atoms with Gasteiger partial charge >= 0.3 is 5.69 Å². The lowest BCUT2D eigenvalue weighted by atomic mass is 10.2. The van der Waals surface area contributed by atoms with Crippen molar-refractivity contribution in [3.8, 4) is 0 Å². The lowest BCUT2D eigenvalue weighted by Gasteiger charge is -2.17. The second-order valence-electron chi connectivity index (χ2n) is 5.94. The van der Waals surface area contributed by atoms with Gasteiger partial charge in [0, 0.05) is 32.2 Å². The van der Waals surface area contributed by atoms with E-state index in [-0.39, 0.29) is 17.1 Å². The van der Waals surface area contributed by atoms with E-state index in [0.717, 1.165) is 10.0 Å². The van der Waals surface area contributed by atoms with Gasteiger partial charge in [-0.3, -0.25) is 9.13 Å². The summed E-state index contributed by atoms with van der Waals surface area (Å²) in [6, 6.07) is 12.3. The molecule has 25 heavy (non-hydrogen) atoms. The summed E-state index contributed by atoms with van der Waals surface area (Å²) in [6.45, 7) is 0.265. The van der Waals surface area contributed by atoms with Gasteiger partial charge in [-0.1, -0.05) is 28.1 Å². The van der Waals surface area contributed by atoms with Crippen molar-refractivity contribution in [3.63, 3.8) is 0 Å². The quantitative estimate of drug-likeness (QED) is 0.647. The van der Waals surface area contributed by atoms with E-state index in [0.29, 0.717) is 11.0 Å². The summed E-state index contributed by atoms with van der Waals surface area (Å²) in [5.41, 5.74) is 1.99. The first kappa shape index (κ1) is 17.9. The van der Waals surface area contributed by atoms with Gasteiger partial charge in [0.25, 0.3) is 0 Å². The van der Waals surface area contributed by atoms with Gasteiger partial charge in [0.2, 0.25) is 10.0 Å². The van der Waals surface area contributed by atoms with Crippen LogP contribution in [-0.4, -0.2) is 28.9 Å². The van der Waals surface area contributed by atoms with E-state index in [4.69, 9.17) is 0 Å².